The van der Waals surface area contributed by atoms with Crippen molar-refractivity contribution in [2.45, 2.75) is 26.4 Å². The summed E-state index contributed by atoms with van der Waals surface area (Å²) in [5.41, 5.74) is 0. The molecule has 0 aliphatic heterocycles. The van der Waals surface area contributed by atoms with Gasteiger partial charge in [-0.1, -0.05) is 34.2 Å². The van der Waals surface area contributed by atoms with Crippen LogP contribution < -0.4 is 10.2 Å². The van der Waals surface area contributed by atoms with Crippen molar-refractivity contribution in [3.8, 4) is 0 Å². The van der Waals surface area contributed by atoms with Gasteiger partial charge in [0.05, 0.1) is 11.0 Å². The van der Waals surface area contributed by atoms with Crippen LogP contribution in [0, 0.1) is 10.1 Å². The molecule has 0 amide bonds. The second kappa shape index (κ2) is 8.97. The molecule has 120 valence electrons. The molecule has 2 atom stereocenters. The van der Waals surface area contributed by atoms with Gasteiger partial charge in [0.1, 0.15) is 0 Å². The summed E-state index contributed by atoms with van der Waals surface area (Å²) in [5.74, 6) is 0. The molecule has 0 saturated carbocycles. The SMILES string of the molecule is CCCNP(=O)(NCCBr)OC(C)c1ccc([N+](=O)[O-])s1. The Morgan fingerprint density at radius 2 is 2.14 bits per heavy atom. The fourth-order valence-corrected chi connectivity index (χ4v) is 4.63. The minimum atomic E-state index is -3.18. The lowest BCUT2D eigenvalue weighted by Crippen LogP contribution is -2.26. The Bertz CT molecular complexity index is 501. The van der Waals surface area contributed by atoms with Crippen molar-refractivity contribution in [1.29, 1.82) is 0 Å². The fourth-order valence-electron chi connectivity index (χ4n) is 1.51. The van der Waals surface area contributed by atoms with Gasteiger partial charge in [0.25, 0.3) is 0 Å². The van der Waals surface area contributed by atoms with E-state index < -0.39 is 18.7 Å². The van der Waals surface area contributed by atoms with Gasteiger partial charge in [-0.25, -0.2) is 10.2 Å². The van der Waals surface area contributed by atoms with Crippen molar-refractivity contribution in [2.24, 2.45) is 0 Å². The van der Waals surface area contributed by atoms with Gasteiger partial charge in [0.15, 0.2) is 0 Å². The molecular weight excluding hydrogens is 381 g/mol. The molecule has 2 N–H and O–H groups in total. The molecule has 0 aliphatic rings. The predicted molar refractivity (Wildman–Crippen MR) is 88.2 cm³/mol. The lowest BCUT2D eigenvalue weighted by atomic mass is 10.3. The second-order valence-electron chi connectivity index (χ2n) is 4.24. The zero-order chi connectivity index (χ0) is 15.9. The average Bonchev–Trinajstić information content (AvgIpc) is 2.93. The lowest BCUT2D eigenvalue weighted by molar-refractivity contribution is -0.380. The summed E-state index contributed by atoms with van der Waals surface area (Å²) in [6.07, 6.45) is 0.323. The Morgan fingerprint density at radius 1 is 1.48 bits per heavy atom. The third-order valence-corrected chi connectivity index (χ3v) is 5.97. The van der Waals surface area contributed by atoms with Crippen molar-refractivity contribution in [3.05, 3.63) is 27.1 Å². The van der Waals surface area contributed by atoms with E-state index in [-0.39, 0.29) is 5.00 Å². The van der Waals surface area contributed by atoms with Crippen LogP contribution in [0.1, 0.15) is 31.2 Å². The number of thiophene rings is 1. The van der Waals surface area contributed by atoms with Crippen LogP contribution in [0.15, 0.2) is 12.1 Å². The van der Waals surface area contributed by atoms with Crippen LogP contribution in [0.5, 0.6) is 0 Å². The molecule has 7 nitrogen and oxygen atoms in total. The highest BCUT2D eigenvalue weighted by molar-refractivity contribution is 9.09. The zero-order valence-corrected chi connectivity index (χ0v) is 15.2. The Balaban J connectivity index is 2.75. The van der Waals surface area contributed by atoms with Gasteiger partial charge in [-0.2, -0.15) is 0 Å². The molecule has 0 fully saturated rings. The Hall–Kier alpha value is -0.310. The van der Waals surface area contributed by atoms with Crippen LogP contribution in [0.4, 0.5) is 5.00 Å². The minimum absolute atomic E-state index is 0.0465. The Labute approximate surface area is 136 Å². The number of rotatable bonds is 10. The quantitative estimate of drug-likeness (QED) is 0.268. The molecule has 0 spiro atoms. The van der Waals surface area contributed by atoms with Gasteiger partial charge in [0.2, 0.25) is 0 Å². The van der Waals surface area contributed by atoms with E-state index >= 15 is 0 Å². The molecule has 2 unspecified atom stereocenters. The molecule has 1 rings (SSSR count). The summed E-state index contributed by atoms with van der Waals surface area (Å²) < 4.78 is 18.3. The maximum atomic E-state index is 12.7. The van der Waals surface area contributed by atoms with Gasteiger partial charge in [-0.05, 0) is 19.4 Å². The Kier molecular flexibility index (Phi) is 8.00. The van der Waals surface area contributed by atoms with E-state index in [0.29, 0.717) is 23.3 Å². The van der Waals surface area contributed by atoms with Crippen LogP contribution >= 0.6 is 34.9 Å². The van der Waals surface area contributed by atoms with E-state index in [0.717, 1.165) is 17.8 Å². The van der Waals surface area contributed by atoms with E-state index in [9.17, 15) is 14.7 Å². The number of hydrogen-bond donors (Lipinski definition) is 2. The molecule has 10 heteroatoms. The first-order valence-corrected chi connectivity index (χ1v) is 10.1. The molecule has 21 heavy (non-hydrogen) atoms. The van der Waals surface area contributed by atoms with Crippen LogP contribution in [0.3, 0.4) is 0 Å². The maximum absolute atomic E-state index is 12.7. The number of hydrogen-bond acceptors (Lipinski definition) is 5. The maximum Gasteiger partial charge on any atom is 0.341 e. The first-order chi connectivity index (χ1) is 9.91. The highest BCUT2D eigenvalue weighted by Crippen LogP contribution is 2.44. The van der Waals surface area contributed by atoms with E-state index in [1.807, 2.05) is 6.92 Å². The van der Waals surface area contributed by atoms with E-state index in [2.05, 4.69) is 26.1 Å². The molecular formula is C11H19BrN3O4PS. The van der Waals surface area contributed by atoms with Crippen molar-refractivity contribution in [2.75, 3.05) is 18.4 Å². The summed E-state index contributed by atoms with van der Waals surface area (Å²) in [5, 5.41) is 17.1. The molecule has 0 bridgehead atoms. The fraction of sp³-hybridized carbons (Fsp3) is 0.636. The van der Waals surface area contributed by atoms with E-state index in [4.69, 9.17) is 4.52 Å². The van der Waals surface area contributed by atoms with Gasteiger partial charge < -0.3 is 0 Å². The molecule has 0 aliphatic carbocycles. The molecule has 0 aromatic carbocycles. The monoisotopic (exact) mass is 399 g/mol. The van der Waals surface area contributed by atoms with Crippen LogP contribution in [-0.2, 0) is 9.09 Å². The van der Waals surface area contributed by atoms with E-state index in [1.165, 1.54) is 6.07 Å². The number of halogens is 1. The van der Waals surface area contributed by atoms with Crippen LogP contribution in [-0.4, -0.2) is 23.3 Å². The van der Waals surface area contributed by atoms with Crippen LogP contribution in [0.25, 0.3) is 0 Å². The highest BCUT2D eigenvalue weighted by atomic mass is 79.9. The van der Waals surface area contributed by atoms with Crippen molar-refractivity contribution in [3.63, 3.8) is 0 Å². The largest absolute Gasteiger partial charge is 0.341 e. The third kappa shape index (κ3) is 6.14. The summed E-state index contributed by atoms with van der Waals surface area (Å²) in [6.45, 7) is 4.74. The average molecular weight is 400 g/mol. The molecule has 0 saturated heterocycles. The van der Waals surface area contributed by atoms with Gasteiger partial charge >= 0.3 is 12.7 Å². The predicted octanol–water partition coefficient (Wildman–Crippen LogP) is 3.83. The zero-order valence-electron chi connectivity index (χ0n) is 11.9. The normalized spacial score (nSPS) is 15.6. The lowest BCUT2D eigenvalue weighted by Gasteiger charge is -2.23. The van der Waals surface area contributed by atoms with Gasteiger partial charge in [-0.15, -0.1) is 0 Å². The van der Waals surface area contributed by atoms with Crippen molar-refractivity contribution >= 4 is 39.9 Å². The summed E-state index contributed by atoms with van der Waals surface area (Å²) in [7, 11) is -3.18. The van der Waals surface area contributed by atoms with Crippen LogP contribution in [0.2, 0.25) is 0 Å². The van der Waals surface area contributed by atoms with Gasteiger partial charge in [0, 0.05) is 29.4 Å². The number of alkyl halides is 1. The van der Waals surface area contributed by atoms with Crippen molar-refractivity contribution in [1.82, 2.24) is 10.2 Å². The second-order valence-corrected chi connectivity index (χ2v) is 8.07. The van der Waals surface area contributed by atoms with Gasteiger partial charge in [-0.3, -0.25) is 19.2 Å². The molecule has 1 aromatic rings. The summed E-state index contributed by atoms with van der Waals surface area (Å²) >= 11 is 4.29. The Morgan fingerprint density at radius 3 is 2.67 bits per heavy atom. The number of nitro groups is 1. The number of nitrogens with zero attached hydrogens (tertiary/aromatic N) is 1. The first kappa shape index (κ1) is 18.7. The summed E-state index contributed by atoms with van der Waals surface area (Å²) in [4.78, 5) is 10.9. The summed E-state index contributed by atoms with van der Waals surface area (Å²) in [6, 6.07) is 3.05. The molecule has 1 heterocycles. The standard InChI is InChI=1S/C11H19BrN3O4PS/c1-3-7-13-20(18,14-8-6-12)19-9(2)10-4-5-11(21-10)15(16)17/h4-5,9H,3,6-8H2,1-2H3,(H2,13,14,18). The molecule has 0 radical (unpaired) electrons. The topological polar surface area (TPSA) is 93.5 Å². The van der Waals surface area contributed by atoms with E-state index in [1.54, 1.807) is 13.0 Å². The third-order valence-electron chi connectivity index (χ3n) is 2.48. The highest BCUT2D eigenvalue weighted by Gasteiger charge is 2.26. The smallest absolute Gasteiger partial charge is 0.297 e. The minimum Gasteiger partial charge on any atom is -0.297 e. The first-order valence-electron chi connectivity index (χ1n) is 6.50. The number of nitrogens with one attached hydrogen (secondary N) is 2. The van der Waals surface area contributed by atoms with Crippen molar-refractivity contribution < 1.29 is 14.0 Å². The molecule has 1 aromatic heterocycles.